The standard InChI is InChI=1S/C14H17ClN2/c1-10-4-3-7-17(11(10)2)14-6-5-12(9-16)8-13(14)15/h5-6,8,10-11H,3-4,7H2,1-2H3. The van der Waals surface area contributed by atoms with Crippen LogP contribution in [0.5, 0.6) is 0 Å². The van der Waals surface area contributed by atoms with E-state index in [4.69, 9.17) is 16.9 Å². The summed E-state index contributed by atoms with van der Waals surface area (Å²) in [5.74, 6) is 0.690. The van der Waals surface area contributed by atoms with E-state index in [1.807, 2.05) is 12.1 Å². The highest BCUT2D eigenvalue weighted by atomic mass is 35.5. The predicted octanol–water partition coefficient (Wildman–Crippen LogP) is 3.84. The first-order chi connectivity index (χ1) is 8.13. The molecule has 0 bridgehead atoms. The maximum atomic E-state index is 8.84. The van der Waals surface area contributed by atoms with Gasteiger partial charge in [-0.15, -0.1) is 0 Å². The molecule has 1 heterocycles. The number of halogens is 1. The Bertz CT molecular complexity index is 450. The van der Waals surface area contributed by atoms with Crippen molar-refractivity contribution in [1.29, 1.82) is 5.26 Å². The molecule has 1 aromatic carbocycles. The lowest BCUT2D eigenvalue weighted by Gasteiger charge is -2.40. The highest BCUT2D eigenvalue weighted by molar-refractivity contribution is 6.33. The molecule has 90 valence electrons. The Labute approximate surface area is 108 Å². The van der Waals surface area contributed by atoms with Gasteiger partial charge in [0.25, 0.3) is 0 Å². The molecule has 0 radical (unpaired) electrons. The minimum Gasteiger partial charge on any atom is -0.367 e. The molecule has 0 spiro atoms. The second-order valence-corrected chi connectivity index (χ2v) is 5.24. The van der Waals surface area contributed by atoms with Crippen molar-refractivity contribution >= 4 is 17.3 Å². The number of rotatable bonds is 1. The normalized spacial score (nSPS) is 24.5. The fourth-order valence-corrected chi connectivity index (χ4v) is 2.77. The number of piperidine rings is 1. The molecule has 0 N–H and O–H groups in total. The molecule has 2 rings (SSSR count). The van der Waals surface area contributed by atoms with Crippen LogP contribution in [0.4, 0.5) is 5.69 Å². The van der Waals surface area contributed by atoms with Crippen LogP contribution >= 0.6 is 11.6 Å². The second kappa shape index (κ2) is 4.98. The molecule has 3 heteroatoms. The van der Waals surface area contributed by atoms with Crippen molar-refractivity contribution in [1.82, 2.24) is 0 Å². The van der Waals surface area contributed by atoms with E-state index in [1.165, 1.54) is 12.8 Å². The molecule has 1 aliphatic rings. The van der Waals surface area contributed by atoms with Gasteiger partial charge in [0.05, 0.1) is 22.3 Å². The molecule has 0 aliphatic carbocycles. The maximum Gasteiger partial charge on any atom is 0.0992 e. The fourth-order valence-electron chi connectivity index (χ4n) is 2.48. The minimum absolute atomic E-state index is 0.509. The summed E-state index contributed by atoms with van der Waals surface area (Å²) in [6.45, 7) is 5.59. The summed E-state index contributed by atoms with van der Waals surface area (Å²) in [5.41, 5.74) is 1.68. The van der Waals surface area contributed by atoms with Crippen LogP contribution in [0.25, 0.3) is 0 Å². The van der Waals surface area contributed by atoms with Gasteiger partial charge in [0.2, 0.25) is 0 Å². The Balaban J connectivity index is 2.31. The van der Waals surface area contributed by atoms with Gasteiger partial charge in [-0.25, -0.2) is 0 Å². The first kappa shape index (κ1) is 12.3. The van der Waals surface area contributed by atoms with Crippen LogP contribution in [0.1, 0.15) is 32.3 Å². The van der Waals surface area contributed by atoms with Crippen molar-refractivity contribution in [2.45, 2.75) is 32.7 Å². The zero-order valence-corrected chi connectivity index (χ0v) is 11.0. The van der Waals surface area contributed by atoms with Crippen molar-refractivity contribution < 1.29 is 0 Å². The fraction of sp³-hybridized carbons (Fsp3) is 0.500. The van der Waals surface area contributed by atoms with E-state index in [0.29, 0.717) is 22.5 Å². The lowest BCUT2D eigenvalue weighted by molar-refractivity contribution is 0.363. The summed E-state index contributed by atoms with van der Waals surface area (Å²) in [6, 6.07) is 8.18. The third kappa shape index (κ3) is 2.40. The number of anilines is 1. The molecule has 0 aromatic heterocycles. The van der Waals surface area contributed by atoms with Crippen LogP contribution in [0.3, 0.4) is 0 Å². The Morgan fingerprint density at radius 3 is 2.82 bits per heavy atom. The molecule has 0 amide bonds. The van der Waals surface area contributed by atoms with Crippen molar-refractivity contribution in [3.05, 3.63) is 28.8 Å². The van der Waals surface area contributed by atoms with Crippen molar-refractivity contribution in [2.24, 2.45) is 5.92 Å². The predicted molar refractivity (Wildman–Crippen MR) is 71.4 cm³/mol. The average Bonchev–Trinajstić information content (AvgIpc) is 2.33. The van der Waals surface area contributed by atoms with E-state index in [1.54, 1.807) is 6.07 Å². The van der Waals surface area contributed by atoms with E-state index < -0.39 is 0 Å². The van der Waals surface area contributed by atoms with Gasteiger partial charge in [0.15, 0.2) is 0 Å². The van der Waals surface area contributed by atoms with Gasteiger partial charge in [-0.2, -0.15) is 5.26 Å². The molecule has 17 heavy (non-hydrogen) atoms. The van der Waals surface area contributed by atoms with E-state index in [-0.39, 0.29) is 0 Å². The summed E-state index contributed by atoms with van der Waals surface area (Å²) < 4.78 is 0. The van der Waals surface area contributed by atoms with Crippen LogP contribution in [-0.2, 0) is 0 Å². The summed E-state index contributed by atoms with van der Waals surface area (Å²) in [6.07, 6.45) is 2.49. The number of hydrogen-bond donors (Lipinski definition) is 0. The topological polar surface area (TPSA) is 27.0 Å². The SMILES string of the molecule is CC1CCCN(c2ccc(C#N)cc2Cl)C1C. The smallest absolute Gasteiger partial charge is 0.0992 e. The molecule has 2 atom stereocenters. The lowest BCUT2D eigenvalue weighted by atomic mass is 9.91. The van der Waals surface area contributed by atoms with Gasteiger partial charge in [-0.1, -0.05) is 18.5 Å². The monoisotopic (exact) mass is 248 g/mol. The molecule has 1 aromatic rings. The zero-order valence-electron chi connectivity index (χ0n) is 10.3. The Morgan fingerprint density at radius 2 is 2.18 bits per heavy atom. The van der Waals surface area contributed by atoms with Crippen LogP contribution < -0.4 is 4.90 Å². The summed E-state index contributed by atoms with van der Waals surface area (Å²) in [4.78, 5) is 2.36. The summed E-state index contributed by atoms with van der Waals surface area (Å²) >= 11 is 6.26. The molecule has 1 aliphatic heterocycles. The van der Waals surface area contributed by atoms with Crippen molar-refractivity contribution in [3.8, 4) is 6.07 Å². The van der Waals surface area contributed by atoms with Crippen LogP contribution in [0.15, 0.2) is 18.2 Å². The van der Waals surface area contributed by atoms with Crippen molar-refractivity contribution in [2.75, 3.05) is 11.4 Å². The third-order valence-corrected chi connectivity index (χ3v) is 4.06. The molecular weight excluding hydrogens is 232 g/mol. The molecule has 2 nitrogen and oxygen atoms in total. The van der Waals surface area contributed by atoms with Gasteiger partial charge in [-0.05, 0) is 43.9 Å². The number of hydrogen-bond acceptors (Lipinski definition) is 2. The molecule has 0 saturated carbocycles. The Hall–Kier alpha value is -1.20. The summed E-state index contributed by atoms with van der Waals surface area (Å²) in [5, 5.41) is 9.52. The van der Waals surface area contributed by atoms with E-state index in [0.717, 1.165) is 12.2 Å². The van der Waals surface area contributed by atoms with Crippen LogP contribution in [0.2, 0.25) is 5.02 Å². The van der Waals surface area contributed by atoms with Crippen molar-refractivity contribution in [3.63, 3.8) is 0 Å². The quantitative estimate of drug-likeness (QED) is 0.755. The maximum absolute atomic E-state index is 8.84. The lowest BCUT2D eigenvalue weighted by Crippen LogP contribution is -2.42. The van der Waals surface area contributed by atoms with Gasteiger partial charge in [-0.3, -0.25) is 0 Å². The van der Waals surface area contributed by atoms with Gasteiger partial charge in [0, 0.05) is 12.6 Å². The van der Waals surface area contributed by atoms with E-state index in [2.05, 4.69) is 24.8 Å². The first-order valence-electron chi connectivity index (χ1n) is 6.09. The highest BCUT2D eigenvalue weighted by Crippen LogP contribution is 2.33. The van der Waals surface area contributed by atoms with Crippen LogP contribution in [-0.4, -0.2) is 12.6 Å². The van der Waals surface area contributed by atoms with Crippen LogP contribution in [0, 0.1) is 17.2 Å². The average molecular weight is 249 g/mol. The van der Waals surface area contributed by atoms with Gasteiger partial charge >= 0.3 is 0 Å². The number of benzene rings is 1. The van der Waals surface area contributed by atoms with Gasteiger partial charge in [0.1, 0.15) is 0 Å². The largest absolute Gasteiger partial charge is 0.367 e. The Morgan fingerprint density at radius 1 is 1.41 bits per heavy atom. The zero-order chi connectivity index (χ0) is 12.4. The Kier molecular flexibility index (Phi) is 3.59. The third-order valence-electron chi connectivity index (χ3n) is 3.76. The number of nitrogens with zero attached hydrogens (tertiary/aromatic N) is 2. The molecule has 1 fully saturated rings. The summed E-state index contributed by atoms with van der Waals surface area (Å²) in [7, 11) is 0. The molecular formula is C14H17ClN2. The van der Waals surface area contributed by atoms with E-state index >= 15 is 0 Å². The molecule has 1 saturated heterocycles. The number of nitriles is 1. The first-order valence-corrected chi connectivity index (χ1v) is 6.47. The van der Waals surface area contributed by atoms with Gasteiger partial charge < -0.3 is 4.90 Å². The molecule has 2 unspecified atom stereocenters. The second-order valence-electron chi connectivity index (χ2n) is 4.83. The highest BCUT2D eigenvalue weighted by Gasteiger charge is 2.26. The van der Waals surface area contributed by atoms with E-state index in [9.17, 15) is 0 Å². The minimum atomic E-state index is 0.509.